The summed E-state index contributed by atoms with van der Waals surface area (Å²) in [6.07, 6.45) is 3.11. The molecule has 2 aromatic heterocycles. The second kappa shape index (κ2) is 10.1. The molecular weight excluding hydrogens is 535 g/mol. The summed E-state index contributed by atoms with van der Waals surface area (Å²) in [6, 6.07) is 12.1. The predicted molar refractivity (Wildman–Crippen MR) is 138 cm³/mol. The zero-order valence-corrected chi connectivity index (χ0v) is 21.1. The fourth-order valence-electron chi connectivity index (χ4n) is 4.34. The number of aromatic nitrogens is 2. The van der Waals surface area contributed by atoms with Gasteiger partial charge in [-0.3, -0.25) is 9.10 Å². The van der Waals surface area contributed by atoms with Crippen LogP contribution < -0.4 is 9.04 Å². The quantitative estimate of drug-likeness (QED) is 0.329. The Morgan fingerprint density at radius 1 is 1.10 bits per heavy atom. The van der Waals surface area contributed by atoms with Gasteiger partial charge in [0.05, 0.1) is 22.7 Å². The van der Waals surface area contributed by atoms with Gasteiger partial charge in [0, 0.05) is 30.6 Å². The molecule has 0 radical (unpaired) electrons. The highest BCUT2D eigenvalue weighted by atomic mass is 32.2. The number of hydrogen-bond acceptors (Lipinski definition) is 5. The molecule has 0 amide bonds. The number of hydrogen-bond donors (Lipinski definition) is 1. The van der Waals surface area contributed by atoms with Gasteiger partial charge in [0.25, 0.3) is 10.0 Å². The van der Waals surface area contributed by atoms with Crippen molar-refractivity contribution >= 4 is 39.5 Å². The van der Waals surface area contributed by atoms with Crippen molar-refractivity contribution in [2.45, 2.75) is 30.0 Å². The zero-order chi connectivity index (χ0) is 27.8. The maximum absolute atomic E-state index is 13.7. The number of pyridine rings is 1. The molecule has 5 rings (SSSR count). The average molecular weight is 558 g/mol. The van der Waals surface area contributed by atoms with E-state index >= 15 is 0 Å². The number of benzene rings is 2. The summed E-state index contributed by atoms with van der Waals surface area (Å²) < 4.78 is 76.1. The topological polar surface area (TPSA) is 101 Å². The largest absolute Gasteiger partial charge is 0.486 e. The van der Waals surface area contributed by atoms with Crippen LogP contribution in [-0.2, 0) is 21.0 Å². The van der Waals surface area contributed by atoms with Crippen molar-refractivity contribution in [1.29, 1.82) is 0 Å². The minimum atomic E-state index is -4.73. The highest BCUT2D eigenvalue weighted by molar-refractivity contribution is 7.92. The van der Waals surface area contributed by atoms with Gasteiger partial charge in [-0.15, -0.1) is 0 Å². The Balaban J connectivity index is 1.54. The summed E-state index contributed by atoms with van der Waals surface area (Å²) >= 11 is 0. The van der Waals surface area contributed by atoms with Crippen molar-refractivity contribution in [1.82, 2.24) is 9.38 Å². The molecule has 2 aromatic carbocycles. The number of sulfonamides is 1. The number of ether oxygens (including phenoxy) is 1. The molecule has 1 aliphatic rings. The van der Waals surface area contributed by atoms with Crippen LogP contribution in [0.2, 0.25) is 0 Å². The summed E-state index contributed by atoms with van der Waals surface area (Å²) in [4.78, 5) is 14.9. The van der Waals surface area contributed by atoms with Crippen molar-refractivity contribution in [2.24, 2.45) is 0 Å². The molecule has 1 N–H and O–H groups in total. The van der Waals surface area contributed by atoms with Crippen LogP contribution in [0, 0.1) is 0 Å². The summed E-state index contributed by atoms with van der Waals surface area (Å²) in [7, 11) is -4.47. The van der Waals surface area contributed by atoms with Gasteiger partial charge in [0.1, 0.15) is 17.5 Å². The highest BCUT2D eigenvalue weighted by Crippen LogP contribution is 2.40. The SMILES string of the molecule is O=C(O)CCC1CN(S(=O)(=O)c2cccc(C(F)(F)F)c2)c2cc(C=Cc3cccn4ccnc34)ccc2O1. The Kier molecular flexibility index (Phi) is 6.81. The van der Waals surface area contributed by atoms with E-state index in [2.05, 4.69) is 4.98 Å². The van der Waals surface area contributed by atoms with Crippen LogP contribution in [0.5, 0.6) is 5.75 Å². The molecule has 8 nitrogen and oxygen atoms in total. The first-order chi connectivity index (χ1) is 18.5. The van der Waals surface area contributed by atoms with Crippen LogP contribution in [0.1, 0.15) is 29.5 Å². The maximum atomic E-state index is 13.7. The van der Waals surface area contributed by atoms with Crippen molar-refractivity contribution in [3.8, 4) is 5.75 Å². The van der Waals surface area contributed by atoms with E-state index in [0.717, 1.165) is 33.7 Å². The Morgan fingerprint density at radius 2 is 1.92 bits per heavy atom. The number of alkyl halides is 3. The van der Waals surface area contributed by atoms with E-state index < -0.39 is 38.7 Å². The lowest BCUT2D eigenvalue weighted by Gasteiger charge is -2.35. The number of fused-ring (bicyclic) bond motifs is 2. The predicted octanol–water partition coefficient (Wildman–Crippen LogP) is 5.34. The number of carboxylic acid groups (broad SMARTS) is 1. The third-order valence-electron chi connectivity index (χ3n) is 6.25. The molecular formula is C27H22F3N3O5S. The van der Waals surface area contributed by atoms with Crippen molar-refractivity contribution < 1.29 is 36.2 Å². The molecule has 0 bridgehead atoms. The van der Waals surface area contributed by atoms with Crippen LogP contribution in [0.25, 0.3) is 17.8 Å². The second-order valence-electron chi connectivity index (χ2n) is 8.92. The van der Waals surface area contributed by atoms with Crippen LogP contribution in [0.15, 0.2) is 78.1 Å². The molecule has 3 heterocycles. The molecule has 0 saturated heterocycles. The van der Waals surface area contributed by atoms with Gasteiger partial charge >= 0.3 is 12.1 Å². The van der Waals surface area contributed by atoms with Crippen LogP contribution in [0.3, 0.4) is 0 Å². The van der Waals surface area contributed by atoms with Gasteiger partial charge in [0.2, 0.25) is 0 Å². The van der Waals surface area contributed by atoms with Crippen molar-refractivity contribution in [3.05, 3.63) is 89.9 Å². The van der Waals surface area contributed by atoms with Crippen LogP contribution in [0.4, 0.5) is 18.9 Å². The molecule has 1 aliphatic heterocycles. The van der Waals surface area contributed by atoms with Crippen LogP contribution >= 0.6 is 0 Å². The maximum Gasteiger partial charge on any atom is 0.416 e. The van der Waals surface area contributed by atoms with E-state index in [4.69, 9.17) is 9.84 Å². The Hall–Kier alpha value is -4.32. The van der Waals surface area contributed by atoms with E-state index in [-0.39, 0.29) is 30.8 Å². The van der Waals surface area contributed by atoms with E-state index in [1.807, 2.05) is 28.8 Å². The third-order valence-corrected chi connectivity index (χ3v) is 8.02. The molecule has 0 saturated carbocycles. The average Bonchev–Trinajstić information content (AvgIpc) is 3.39. The monoisotopic (exact) mass is 557 g/mol. The minimum absolute atomic E-state index is 0.0133. The number of nitrogens with zero attached hydrogens (tertiary/aromatic N) is 3. The molecule has 0 spiro atoms. The van der Waals surface area contributed by atoms with Crippen molar-refractivity contribution in [3.63, 3.8) is 0 Å². The lowest BCUT2D eigenvalue weighted by atomic mass is 10.1. The number of imidazole rings is 1. The number of carbonyl (C=O) groups is 1. The van der Waals surface area contributed by atoms with Gasteiger partial charge in [-0.25, -0.2) is 13.4 Å². The third kappa shape index (κ3) is 5.46. The fourth-order valence-corrected chi connectivity index (χ4v) is 5.89. The van der Waals surface area contributed by atoms with E-state index in [1.165, 1.54) is 0 Å². The van der Waals surface area contributed by atoms with E-state index in [0.29, 0.717) is 11.6 Å². The summed E-state index contributed by atoms with van der Waals surface area (Å²) in [5.41, 5.74) is 1.20. The molecule has 39 heavy (non-hydrogen) atoms. The Bertz CT molecular complexity index is 1680. The van der Waals surface area contributed by atoms with Crippen molar-refractivity contribution in [2.75, 3.05) is 10.8 Å². The lowest BCUT2D eigenvalue weighted by molar-refractivity contribution is -0.138. The summed E-state index contributed by atoms with van der Waals surface area (Å²) in [6.45, 7) is -0.264. The standard InChI is InChI=1S/C27H22F3N3O5S/c28-27(29,30)20-4-1-5-22(16-20)39(36,37)33-17-21(9-11-25(34)35)38-24-10-7-18(15-23(24)33)6-8-19-3-2-13-32-14-12-31-26(19)32/h1-8,10,12-16,21H,9,11,17H2,(H,34,35). The molecule has 202 valence electrons. The highest BCUT2D eigenvalue weighted by Gasteiger charge is 2.37. The lowest BCUT2D eigenvalue weighted by Crippen LogP contribution is -2.43. The Labute approximate surface area is 221 Å². The summed E-state index contributed by atoms with van der Waals surface area (Å²) in [5.74, 6) is -0.899. The summed E-state index contributed by atoms with van der Waals surface area (Å²) in [5, 5.41) is 9.08. The van der Waals surface area contributed by atoms with Gasteiger partial charge in [-0.1, -0.05) is 24.3 Å². The van der Waals surface area contributed by atoms with Gasteiger partial charge in [-0.05, 0) is 54.4 Å². The first kappa shape index (κ1) is 26.3. The van der Waals surface area contributed by atoms with Gasteiger partial charge in [-0.2, -0.15) is 13.2 Å². The molecule has 1 unspecified atom stereocenters. The number of rotatable bonds is 7. The first-order valence-corrected chi connectivity index (χ1v) is 13.3. The van der Waals surface area contributed by atoms with E-state index in [1.54, 1.807) is 36.7 Å². The Morgan fingerprint density at radius 3 is 2.69 bits per heavy atom. The number of halogens is 3. The molecule has 4 aromatic rings. The van der Waals surface area contributed by atoms with E-state index in [9.17, 15) is 26.4 Å². The smallest absolute Gasteiger partial charge is 0.416 e. The number of anilines is 1. The second-order valence-corrected chi connectivity index (χ2v) is 10.8. The molecule has 12 heteroatoms. The number of carboxylic acids is 1. The molecule has 0 fully saturated rings. The number of aliphatic carboxylic acids is 1. The normalized spacial score (nSPS) is 15.9. The molecule has 1 atom stereocenters. The first-order valence-electron chi connectivity index (χ1n) is 11.8. The molecule has 0 aliphatic carbocycles. The fraction of sp³-hybridized carbons (Fsp3) is 0.185. The zero-order valence-electron chi connectivity index (χ0n) is 20.2. The van der Waals surface area contributed by atoms with Gasteiger partial charge < -0.3 is 14.2 Å². The van der Waals surface area contributed by atoms with Crippen LogP contribution in [-0.4, -0.2) is 41.5 Å². The van der Waals surface area contributed by atoms with Gasteiger partial charge in [0.15, 0.2) is 0 Å². The minimum Gasteiger partial charge on any atom is -0.486 e.